The van der Waals surface area contributed by atoms with E-state index in [0.29, 0.717) is 23.1 Å². The molecule has 0 saturated carbocycles. The van der Waals surface area contributed by atoms with Gasteiger partial charge in [-0.1, -0.05) is 42.8 Å². The third kappa shape index (κ3) is 11.5. The zero-order valence-corrected chi connectivity index (χ0v) is 25.8. The van der Waals surface area contributed by atoms with Crippen molar-refractivity contribution in [2.24, 2.45) is 16.7 Å². The van der Waals surface area contributed by atoms with Crippen LogP contribution in [-0.2, 0) is 24.0 Å². The van der Waals surface area contributed by atoms with Gasteiger partial charge in [0.1, 0.15) is 5.60 Å². The van der Waals surface area contributed by atoms with E-state index >= 15 is 0 Å². The van der Waals surface area contributed by atoms with E-state index in [1.165, 1.54) is 29.0 Å². The molecule has 0 unspecified atom stereocenters. The SMILES string of the molecule is CCC(C)(C)OC(=O)N(C)Cc1ccc(Cl)c(-c2ccc(C(F)(F)F)cc2CN(C/C=C/CC(F)(F)F)/C(N)=N/N(C)N)c1. The summed E-state index contributed by atoms with van der Waals surface area (Å²) >= 11 is 6.52. The lowest BCUT2D eigenvalue weighted by molar-refractivity contribution is -0.137. The number of carbonyl (C=O) groups is 1. The van der Waals surface area contributed by atoms with Crippen molar-refractivity contribution in [1.29, 1.82) is 0 Å². The van der Waals surface area contributed by atoms with Gasteiger partial charge in [0, 0.05) is 44.3 Å². The van der Waals surface area contributed by atoms with Crippen LogP contribution in [0.1, 0.15) is 50.3 Å². The van der Waals surface area contributed by atoms with Gasteiger partial charge in [0.15, 0.2) is 0 Å². The molecule has 2 aromatic rings. The predicted octanol–water partition coefficient (Wildman–Crippen LogP) is 7.13. The van der Waals surface area contributed by atoms with E-state index < -0.39 is 36.0 Å². The number of halogens is 7. The number of hydrazine groups is 1. The lowest BCUT2D eigenvalue weighted by Gasteiger charge is -2.27. The van der Waals surface area contributed by atoms with E-state index in [1.54, 1.807) is 39.1 Å². The molecule has 0 aromatic heterocycles. The summed E-state index contributed by atoms with van der Waals surface area (Å²) in [6.45, 7) is 5.04. The molecule has 8 nitrogen and oxygen atoms in total. The minimum atomic E-state index is -4.69. The molecule has 0 radical (unpaired) electrons. The van der Waals surface area contributed by atoms with Crippen LogP contribution in [0.25, 0.3) is 11.1 Å². The van der Waals surface area contributed by atoms with Gasteiger partial charge in [-0.3, -0.25) is 0 Å². The van der Waals surface area contributed by atoms with Crippen LogP contribution < -0.4 is 11.6 Å². The van der Waals surface area contributed by atoms with Crippen LogP contribution in [0.5, 0.6) is 0 Å². The number of nitrogens with zero attached hydrogens (tertiary/aromatic N) is 4. The second-order valence-electron chi connectivity index (χ2n) is 10.7. The standard InChI is InChI=1S/C29H37ClF6N6O2/c1-6-27(2,3)44-26(43)40(4)17-19-9-12-24(30)23(15-19)22-11-10-21(29(34,35)36)16-20(22)18-42(25(37)39-41(5)38)14-8-7-13-28(31,32)33/h7-12,15-16H,6,13-14,17-18,38H2,1-5H3,(H2,37,39)/b8-7+. The fraction of sp³-hybridized carbons (Fsp3) is 0.448. The molecule has 0 spiro atoms. The number of carbonyl (C=O) groups excluding carboxylic acids is 1. The summed E-state index contributed by atoms with van der Waals surface area (Å²) in [4.78, 5) is 15.2. The van der Waals surface area contributed by atoms with E-state index in [2.05, 4.69) is 5.10 Å². The van der Waals surface area contributed by atoms with Crippen molar-refractivity contribution in [3.05, 3.63) is 70.3 Å². The van der Waals surface area contributed by atoms with Gasteiger partial charge >= 0.3 is 18.4 Å². The Balaban J connectivity index is 2.56. The first-order valence-electron chi connectivity index (χ1n) is 13.4. The van der Waals surface area contributed by atoms with Crippen LogP contribution in [0.15, 0.2) is 53.7 Å². The van der Waals surface area contributed by atoms with Gasteiger partial charge in [0.05, 0.1) is 12.0 Å². The Morgan fingerprint density at radius 1 is 1.00 bits per heavy atom. The molecule has 0 aliphatic carbocycles. The Bertz CT molecular complexity index is 1340. The first-order valence-corrected chi connectivity index (χ1v) is 13.8. The Labute approximate surface area is 257 Å². The van der Waals surface area contributed by atoms with Crippen molar-refractivity contribution in [3.63, 3.8) is 0 Å². The third-order valence-electron chi connectivity index (χ3n) is 6.49. The smallest absolute Gasteiger partial charge is 0.416 e. The maximum Gasteiger partial charge on any atom is 0.416 e. The van der Waals surface area contributed by atoms with Crippen molar-refractivity contribution in [1.82, 2.24) is 14.9 Å². The predicted molar refractivity (Wildman–Crippen MR) is 158 cm³/mol. The zero-order chi connectivity index (χ0) is 33.5. The number of guanidine groups is 1. The molecule has 0 atom stereocenters. The van der Waals surface area contributed by atoms with Gasteiger partial charge in [-0.25, -0.2) is 15.8 Å². The Kier molecular flexibility index (Phi) is 12.4. The van der Waals surface area contributed by atoms with Crippen molar-refractivity contribution in [2.45, 2.75) is 64.7 Å². The molecule has 244 valence electrons. The number of ether oxygens (including phenoxy) is 1. The Hall–Kier alpha value is -3.65. The van der Waals surface area contributed by atoms with Crippen LogP contribution in [0.2, 0.25) is 5.02 Å². The zero-order valence-electron chi connectivity index (χ0n) is 25.1. The number of hydrogen-bond donors (Lipinski definition) is 2. The molecular weight excluding hydrogens is 614 g/mol. The highest BCUT2D eigenvalue weighted by molar-refractivity contribution is 6.33. The number of amides is 1. The van der Waals surface area contributed by atoms with Crippen LogP contribution in [0.3, 0.4) is 0 Å². The minimum Gasteiger partial charge on any atom is -0.443 e. The first-order chi connectivity index (χ1) is 20.2. The van der Waals surface area contributed by atoms with Gasteiger partial charge in [-0.2, -0.15) is 26.3 Å². The molecule has 44 heavy (non-hydrogen) atoms. The molecule has 0 aliphatic rings. The van der Waals surface area contributed by atoms with Crippen molar-refractivity contribution in [2.75, 3.05) is 20.6 Å². The lowest BCUT2D eigenvalue weighted by atomic mass is 9.95. The molecule has 4 N–H and O–H groups in total. The molecule has 1 amide bonds. The molecule has 0 bridgehead atoms. The van der Waals surface area contributed by atoms with E-state index in [4.69, 9.17) is 27.9 Å². The van der Waals surface area contributed by atoms with Gasteiger partial charge in [-0.05, 0) is 61.2 Å². The highest BCUT2D eigenvalue weighted by Gasteiger charge is 2.32. The molecular formula is C29H37ClF6N6O2. The molecule has 0 saturated heterocycles. The van der Waals surface area contributed by atoms with Gasteiger partial charge in [0.25, 0.3) is 0 Å². The number of allylic oxidation sites excluding steroid dienone is 1. The summed E-state index contributed by atoms with van der Waals surface area (Å²) < 4.78 is 84.8. The van der Waals surface area contributed by atoms with E-state index in [-0.39, 0.29) is 36.2 Å². The quantitative estimate of drug-likeness (QED) is 0.0670. The van der Waals surface area contributed by atoms with Crippen LogP contribution >= 0.6 is 11.6 Å². The lowest BCUT2D eigenvalue weighted by Crippen LogP contribution is -2.39. The molecule has 2 aromatic carbocycles. The number of hydrogen-bond acceptors (Lipinski definition) is 5. The first kappa shape index (κ1) is 36.5. The van der Waals surface area contributed by atoms with E-state index in [0.717, 1.165) is 23.3 Å². The minimum absolute atomic E-state index is 0.108. The average molecular weight is 651 g/mol. The van der Waals surface area contributed by atoms with Gasteiger partial charge in [-0.15, -0.1) is 5.10 Å². The van der Waals surface area contributed by atoms with Crippen molar-refractivity contribution >= 4 is 23.7 Å². The third-order valence-corrected chi connectivity index (χ3v) is 6.82. The van der Waals surface area contributed by atoms with Gasteiger partial charge < -0.3 is 20.3 Å². The maximum atomic E-state index is 13.8. The Morgan fingerprint density at radius 2 is 1.66 bits per heavy atom. The molecule has 0 fully saturated rings. The summed E-state index contributed by atoms with van der Waals surface area (Å²) in [7, 11) is 2.90. The fourth-order valence-electron chi connectivity index (χ4n) is 3.85. The number of benzene rings is 2. The second kappa shape index (κ2) is 14.9. The van der Waals surface area contributed by atoms with Crippen LogP contribution in [0.4, 0.5) is 31.1 Å². The summed E-state index contributed by atoms with van der Waals surface area (Å²) in [6, 6.07) is 7.94. The van der Waals surface area contributed by atoms with Crippen LogP contribution in [-0.4, -0.2) is 59.4 Å². The van der Waals surface area contributed by atoms with Crippen LogP contribution in [0, 0.1) is 0 Å². The van der Waals surface area contributed by atoms with E-state index in [9.17, 15) is 31.1 Å². The number of alkyl halides is 6. The molecule has 2 rings (SSSR count). The molecule has 0 heterocycles. The Morgan fingerprint density at radius 3 is 2.23 bits per heavy atom. The largest absolute Gasteiger partial charge is 0.443 e. The number of nitrogens with two attached hydrogens (primary N) is 2. The summed E-state index contributed by atoms with van der Waals surface area (Å²) in [6.07, 6.45) is -8.24. The van der Waals surface area contributed by atoms with E-state index in [1.807, 2.05) is 6.92 Å². The summed E-state index contributed by atoms with van der Waals surface area (Å²) in [5, 5.41) is 4.94. The normalized spacial score (nSPS) is 12.9. The monoisotopic (exact) mass is 650 g/mol. The van der Waals surface area contributed by atoms with Crippen molar-refractivity contribution in [3.8, 4) is 11.1 Å². The van der Waals surface area contributed by atoms with Gasteiger partial charge in [0.2, 0.25) is 5.96 Å². The maximum absolute atomic E-state index is 13.8. The fourth-order valence-corrected chi connectivity index (χ4v) is 4.07. The highest BCUT2D eigenvalue weighted by Crippen LogP contribution is 2.37. The number of rotatable bonds is 11. The topological polar surface area (TPSA) is 100 Å². The summed E-state index contributed by atoms with van der Waals surface area (Å²) in [5.41, 5.74) is 5.80. The second-order valence-corrected chi connectivity index (χ2v) is 11.1. The van der Waals surface area contributed by atoms with Crippen molar-refractivity contribution < 1.29 is 35.9 Å². The molecule has 0 aliphatic heterocycles. The molecule has 15 heteroatoms. The highest BCUT2D eigenvalue weighted by atomic mass is 35.5. The number of hydrazone groups is 1. The average Bonchev–Trinajstić information content (AvgIpc) is 2.89. The summed E-state index contributed by atoms with van der Waals surface area (Å²) in [5.74, 6) is 5.30.